The zero-order valence-corrected chi connectivity index (χ0v) is 10.5. The molecule has 0 amide bonds. The van der Waals surface area contributed by atoms with Gasteiger partial charge in [0.05, 0.1) is 12.0 Å². The van der Waals surface area contributed by atoms with Crippen molar-refractivity contribution in [3.05, 3.63) is 35.6 Å². The molecule has 1 aromatic carbocycles. The van der Waals surface area contributed by atoms with Crippen molar-refractivity contribution < 1.29 is 13.9 Å². The number of nitrogens with one attached hydrogen (secondary N) is 1. The SMILES string of the molecule is CCOC(=O)C1(c2ccccc2F)CCNCC1. The number of hydrogen-bond acceptors (Lipinski definition) is 3. The van der Waals surface area contributed by atoms with Crippen LogP contribution in [0.1, 0.15) is 25.3 Å². The van der Waals surface area contributed by atoms with Crippen LogP contribution in [0.25, 0.3) is 0 Å². The lowest BCUT2D eigenvalue weighted by molar-refractivity contribution is -0.151. The highest BCUT2D eigenvalue weighted by Crippen LogP contribution is 2.36. The fourth-order valence-electron chi connectivity index (χ4n) is 2.56. The van der Waals surface area contributed by atoms with Crippen LogP contribution in [-0.4, -0.2) is 25.7 Å². The van der Waals surface area contributed by atoms with E-state index in [0.29, 0.717) is 38.1 Å². The van der Waals surface area contributed by atoms with Crippen molar-refractivity contribution in [3.63, 3.8) is 0 Å². The van der Waals surface area contributed by atoms with E-state index in [0.717, 1.165) is 0 Å². The second-order valence-corrected chi connectivity index (χ2v) is 4.53. The molecule has 2 rings (SSSR count). The third-order valence-electron chi connectivity index (χ3n) is 3.51. The summed E-state index contributed by atoms with van der Waals surface area (Å²) in [7, 11) is 0. The molecular formula is C14H18FNO2. The first kappa shape index (κ1) is 13.0. The molecule has 1 aliphatic rings. The summed E-state index contributed by atoms with van der Waals surface area (Å²) < 4.78 is 19.2. The van der Waals surface area contributed by atoms with Gasteiger partial charge < -0.3 is 10.1 Å². The number of benzene rings is 1. The number of rotatable bonds is 3. The van der Waals surface area contributed by atoms with Gasteiger partial charge in [0.25, 0.3) is 0 Å². The highest BCUT2D eigenvalue weighted by atomic mass is 19.1. The lowest BCUT2D eigenvalue weighted by Crippen LogP contribution is -2.47. The van der Waals surface area contributed by atoms with Crippen LogP contribution in [0, 0.1) is 5.82 Å². The van der Waals surface area contributed by atoms with Crippen LogP contribution < -0.4 is 5.32 Å². The van der Waals surface area contributed by atoms with E-state index in [1.165, 1.54) is 6.07 Å². The molecule has 4 heteroatoms. The van der Waals surface area contributed by atoms with Crippen LogP contribution in [0.5, 0.6) is 0 Å². The fourth-order valence-corrected chi connectivity index (χ4v) is 2.56. The molecule has 0 unspecified atom stereocenters. The smallest absolute Gasteiger partial charge is 0.316 e. The molecule has 0 atom stereocenters. The average molecular weight is 251 g/mol. The predicted octanol–water partition coefficient (Wildman–Crippen LogP) is 2.01. The summed E-state index contributed by atoms with van der Waals surface area (Å²) in [5.74, 6) is -0.635. The van der Waals surface area contributed by atoms with E-state index in [4.69, 9.17) is 4.74 Å². The lowest BCUT2D eigenvalue weighted by Gasteiger charge is -2.35. The van der Waals surface area contributed by atoms with Crippen LogP contribution >= 0.6 is 0 Å². The highest BCUT2D eigenvalue weighted by Gasteiger charge is 2.44. The molecular weight excluding hydrogens is 233 g/mol. The van der Waals surface area contributed by atoms with Crippen LogP contribution in [0.3, 0.4) is 0 Å². The minimum Gasteiger partial charge on any atom is -0.465 e. The third kappa shape index (κ3) is 2.25. The zero-order chi connectivity index (χ0) is 13.0. The summed E-state index contributed by atoms with van der Waals surface area (Å²) >= 11 is 0. The Hall–Kier alpha value is -1.42. The van der Waals surface area contributed by atoms with Gasteiger partial charge in [-0.15, -0.1) is 0 Å². The summed E-state index contributed by atoms with van der Waals surface area (Å²) in [4.78, 5) is 12.3. The second kappa shape index (κ2) is 5.48. The third-order valence-corrected chi connectivity index (χ3v) is 3.51. The van der Waals surface area contributed by atoms with E-state index in [1.807, 2.05) is 0 Å². The molecule has 1 aromatic rings. The minimum absolute atomic E-state index is 0.309. The number of piperidine rings is 1. The number of esters is 1. The van der Waals surface area contributed by atoms with Gasteiger partial charge in [-0.1, -0.05) is 18.2 Å². The van der Waals surface area contributed by atoms with E-state index in [-0.39, 0.29) is 11.8 Å². The van der Waals surface area contributed by atoms with Gasteiger partial charge in [-0.3, -0.25) is 4.79 Å². The molecule has 0 bridgehead atoms. The second-order valence-electron chi connectivity index (χ2n) is 4.53. The molecule has 0 radical (unpaired) electrons. The summed E-state index contributed by atoms with van der Waals surface area (Å²) in [5, 5.41) is 3.20. The standard InChI is InChI=1S/C14H18FNO2/c1-2-18-13(17)14(7-9-16-10-8-14)11-5-3-4-6-12(11)15/h3-6,16H,2,7-10H2,1H3. The van der Waals surface area contributed by atoms with Crippen molar-refractivity contribution in [1.29, 1.82) is 0 Å². The normalized spacial score (nSPS) is 18.3. The van der Waals surface area contributed by atoms with Crippen LogP contribution in [0.2, 0.25) is 0 Å². The van der Waals surface area contributed by atoms with E-state index < -0.39 is 5.41 Å². The summed E-state index contributed by atoms with van der Waals surface area (Å²) in [6.07, 6.45) is 1.15. The molecule has 98 valence electrons. The van der Waals surface area contributed by atoms with Gasteiger partial charge in [-0.2, -0.15) is 0 Å². The Balaban J connectivity index is 2.41. The maximum Gasteiger partial charge on any atom is 0.316 e. The first-order valence-electron chi connectivity index (χ1n) is 6.33. The van der Waals surface area contributed by atoms with Gasteiger partial charge >= 0.3 is 5.97 Å². The van der Waals surface area contributed by atoms with E-state index >= 15 is 0 Å². The topological polar surface area (TPSA) is 38.3 Å². The van der Waals surface area contributed by atoms with E-state index in [1.54, 1.807) is 25.1 Å². The van der Waals surface area contributed by atoms with Gasteiger partial charge in [0.15, 0.2) is 0 Å². The first-order valence-corrected chi connectivity index (χ1v) is 6.33. The fraction of sp³-hybridized carbons (Fsp3) is 0.500. The molecule has 0 aromatic heterocycles. The van der Waals surface area contributed by atoms with Crippen LogP contribution in [0.15, 0.2) is 24.3 Å². The van der Waals surface area contributed by atoms with Gasteiger partial charge in [0.1, 0.15) is 5.82 Å². The molecule has 1 aliphatic heterocycles. The summed E-state index contributed by atoms with van der Waals surface area (Å²) in [5.41, 5.74) is -0.364. The van der Waals surface area contributed by atoms with Gasteiger partial charge in [-0.25, -0.2) is 4.39 Å². The predicted molar refractivity (Wildman–Crippen MR) is 66.8 cm³/mol. The van der Waals surface area contributed by atoms with Crippen LogP contribution in [-0.2, 0) is 14.9 Å². The largest absolute Gasteiger partial charge is 0.465 e. The maximum atomic E-state index is 14.0. The number of carbonyl (C=O) groups is 1. The zero-order valence-electron chi connectivity index (χ0n) is 10.5. The molecule has 0 aliphatic carbocycles. The molecule has 1 heterocycles. The van der Waals surface area contributed by atoms with Gasteiger partial charge in [-0.05, 0) is 38.9 Å². The Morgan fingerprint density at radius 3 is 2.67 bits per heavy atom. The monoisotopic (exact) mass is 251 g/mol. The summed E-state index contributed by atoms with van der Waals surface area (Å²) in [6.45, 7) is 3.50. The van der Waals surface area contributed by atoms with Gasteiger partial charge in [0.2, 0.25) is 0 Å². The van der Waals surface area contributed by atoms with Crippen molar-refractivity contribution in [2.24, 2.45) is 0 Å². The Kier molecular flexibility index (Phi) is 3.97. The average Bonchev–Trinajstić information content (AvgIpc) is 2.40. The Morgan fingerprint density at radius 2 is 2.06 bits per heavy atom. The van der Waals surface area contributed by atoms with Crippen molar-refractivity contribution in [3.8, 4) is 0 Å². The van der Waals surface area contributed by atoms with Crippen molar-refractivity contribution in [2.75, 3.05) is 19.7 Å². The number of halogens is 1. The minimum atomic E-state index is -0.827. The van der Waals surface area contributed by atoms with E-state index in [2.05, 4.69) is 5.32 Å². The number of ether oxygens (including phenoxy) is 1. The Morgan fingerprint density at radius 1 is 1.39 bits per heavy atom. The van der Waals surface area contributed by atoms with Crippen LogP contribution in [0.4, 0.5) is 4.39 Å². The lowest BCUT2D eigenvalue weighted by atomic mass is 9.73. The molecule has 3 nitrogen and oxygen atoms in total. The molecule has 18 heavy (non-hydrogen) atoms. The Bertz CT molecular complexity index is 428. The molecule has 1 fully saturated rings. The van der Waals surface area contributed by atoms with Crippen molar-refractivity contribution in [1.82, 2.24) is 5.32 Å². The van der Waals surface area contributed by atoms with Gasteiger partial charge in [0, 0.05) is 5.56 Å². The first-order chi connectivity index (χ1) is 8.70. The number of hydrogen-bond donors (Lipinski definition) is 1. The van der Waals surface area contributed by atoms with Crippen molar-refractivity contribution in [2.45, 2.75) is 25.2 Å². The number of carbonyl (C=O) groups excluding carboxylic acids is 1. The van der Waals surface area contributed by atoms with Crippen molar-refractivity contribution >= 4 is 5.97 Å². The Labute approximate surface area is 106 Å². The quantitative estimate of drug-likeness (QED) is 0.835. The molecule has 1 saturated heterocycles. The molecule has 0 spiro atoms. The summed E-state index contributed by atoms with van der Waals surface area (Å²) in [6, 6.07) is 6.50. The molecule has 1 N–H and O–H groups in total. The molecule has 0 saturated carbocycles. The highest BCUT2D eigenvalue weighted by molar-refractivity contribution is 5.83. The van der Waals surface area contributed by atoms with E-state index in [9.17, 15) is 9.18 Å². The maximum absolute atomic E-state index is 14.0.